The van der Waals surface area contributed by atoms with Gasteiger partial charge in [-0.1, -0.05) is 63.5 Å². The molecule has 8 heteroatoms. The van der Waals surface area contributed by atoms with Gasteiger partial charge in [-0.05, 0) is 30.5 Å². The van der Waals surface area contributed by atoms with Crippen LogP contribution in [0.15, 0.2) is 30.5 Å². The summed E-state index contributed by atoms with van der Waals surface area (Å²) in [7, 11) is -3.11. The van der Waals surface area contributed by atoms with Gasteiger partial charge < -0.3 is 5.32 Å². The van der Waals surface area contributed by atoms with Crippen LogP contribution in [0.1, 0.15) is 64.1 Å². The van der Waals surface area contributed by atoms with Crippen LogP contribution in [0, 0.1) is 0 Å². The highest BCUT2D eigenvalue weighted by atomic mass is 32.2. The molecule has 1 saturated carbocycles. The number of benzene rings is 1. The van der Waals surface area contributed by atoms with Gasteiger partial charge in [0.05, 0.1) is 22.9 Å². The third kappa shape index (κ3) is 4.64. The Bertz CT molecular complexity index is 1070. The average molecular weight is 433 g/mol. The van der Waals surface area contributed by atoms with Gasteiger partial charge >= 0.3 is 0 Å². The fourth-order valence-electron chi connectivity index (χ4n) is 3.75. The molecule has 0 atom stereocenters. The van der Waals surface area contributed by atoms with Crippen molar-refractivity contribution in [2.75, 3.05) is 5.32 Å². The van der Waals surface area contributed by atoms with Crippen LogP contribution in [-0.2, 0) is 21.0 Å². The number of nitrogens with one attached hydrogen (secondary N) is 1. The lowest BCUT2D eigenvalue weighted by Gasteiger charge is -2.21. The molecule has 156 valence electrons. The average Bonchev–Trinajstić information content (AvgIpc) is 3.21. The molecule has 29 heavy (non-hydrogen) atoms. The minimum atomic E-state index is -3.11. The SMILES string of the molecule is CC(C)(C)c1cn2nc(Nc3cccc(CS(=O)(=O)C4CCCCC4)c3)sc2n1. The zero-order chi connectivity index (χ0) is 20.6. The van der Waals surface area contributed by atoms with Crippen LogP contribution >= 0.6 is 11.3 Å². The fraction of sp³-hybridized carbons (Fsp3) is 0.524. The van der Waals surface area contributed by atoms with Gasteiger partial charge in [0, 0.05) is 11.1 Å². The Morgan fingerprint density at radius 2 is 1.97 bits per heavy atom. The van der Waals surface area contributed by atoms with E-state index in [-0.39, 0.29) is 16.4 Å². The summed E-state index contributed by atoms with van der Waals surface area (Å²) >= 11 is 1.48. The summed E-state index contributed by atoms with van der Waals surface area (Å²) < 4.78 is 27.4. The molecule has 0 amide bonds. The van der Waals surface area contributed by atoms with E-state index in [4.69, 9.17) is 0 Å². The normalized spacial score (nSPS) is 16.4. The Labute approximate surface area is 176 Å². The molecular weight excluding hydrogens is 404 g/mol. The van der Waals surface area contributed by atoms with Gasteiger partial charge in [0.2, 0.25) is 10.1 Å². The number of anilines is 2. The molecule has 6 nitrogen and oxygen atoms in total. The first-order valence-electron chi connectivity index (χ1n) is 10.1. The van der Waals surface area contributed by atoms with Gasteiger partial charge in [-0.15, -0.1) is 5.10 Å². The molecule has 0 bridgehead atoms. The second-order valence-electron chi connectivity index (χ2n) is 8.90. The maximum atomic E-state index is 12.8. The van der Waals surface area contributed by atoms with Crippen molar-refractivity contribution in [1.29, 1.82) is 0 Å². The molecule has 4 rings (SSSR count). The summed E-state index contributed by atoms with van der Waals surface area (Å²) in [5, 5.41) is 8.41. The fourth-order valence-corrected chi connectivity index (χ4v) is 6.48. The smallest absolute Gasteiger partial charge is 0.214 e. The van der Waals surface area contributed by atoms with E-state index in [0.29, 0.717) is 0 Å². The second kappa shape index (κ2) is 7.72. The molecule has 1 fully saturated rings. The largest absolute Gasteiger partial charge is 0.330 e. The van der Waals surface area contributed by atoms with Crippen molar-refractivity contribution in [2.45, 2.75) is 69.3 Å². The van der Waals surface area contributed by atoms with E-state index in [2.05, 4.69) is 36.2 Å². The lowest BCUT2D eigenvalue weighted by Crippen LogP contribution is -2.25. The first-order chi connectivity index (χ1) is 13.7. The molecule has 0 radical (unpaired) electrons. The third-order valence-corrected chi connectivity index (χ3v) is 8.48. The minimum Gasteiger partial charge on any atom is -0.330 e. The van der Waals surface area contributed by atoms with Gasteiger partial charge in [-0.2, -0.15) is 0 Å². The van der Waals surface area contributed by atoms with Crippen molar-refractivity contribution in [3.8, 4) is 0 Å². The quantitative estimate of drug-likeness (QED) is 0.608. The van der Waals surface area contributed by atoms with E-state index < -0.39 is 9.84 Å². The number of imidazole rings is 1. The molecule has 2 aromatic heterocycles. The summed E-state index contributed by atoms with van der Waals surface area (Å²) in [6.07, 6.45) is 6.76. The zero-order valence-electron chi connectivity index (χ0n) is 17.2. The van der Waals surface area contributed by atoms with Crippen molar-refractivity contribution < 1.29 is 8.42 Å². The number of fused-ring (bicyclic) bond motifs is 1. The van der Waals surface area contributed by atoms with E-state index in [9.17, 15) is 8.42 Å². The maximum Gasteiger partial charge on any atom is 0.214 e. The number of hydrogen-bond acceptors (Lipinski definition) is 6. The lowest BCUT2D eigenvalue weighted by atomic mass is 9.93. The van der Waals surface area contributed by atoms with Crippen molar-refractivity contribution in [3.63, 3.8) is 0 Å². The Hall–Kier alpha value is -1.93. The van der Waals surface area contributed by atoms with Gasteiger partial charge in [0.1, 0.15) is 0 Å². The Morgan fingerprint density at radius 3 is 2.66 bits per heavy atom. The molecule has 0 unspecified atom stereocenters. The number of hydrogen-bond donors (Lipinski definition) is 1. The summed E-state index contributed by atoms with van der Waals surface area (Å²) in [6.45, 7) is 6.39. The molecule has 0 saturated heterocycles. The zero-order valence-corrected chi connectivity index (χ0v) is 18.8. The topological polar surface area (TPSA) is 76.4 Å². The summed E-state index contributed by atoms with van der Waals surface area (Å²) in [5.74, 6) is 0.101. The summed E-state index contributed by atoms with van der Waals surface area (Å²) in [4.78, 5) is 5.50. The van der Waals surface area contributed by atoms with Gasteiger partial charge in [0.15, 0.2) is 9.84 Å². The molecule has 1 aromatic carbocycles. The molecule has 1 N–H and O–H groups in total. The van der Waals surface area contributed by atoms with Crippen LogP contribution in [0.5, 0.6) is 0 Å². The van der Waals surface area contributed by atoms with Crippen LogP contribution in [0.2, 0.25) is 0 Å². The summed E-state index contributed by atoms with van der Waals surface area (Å²) in [5.41, 5.74) is 2.66. The maximum absolute atomic E-state index is 12.8. The van der Waals surface area contributed by atoms with E-state index >= 15 is 0 Å². The van der Waals surface area contributed by atoms with Crippen LogP contribution in [0.3, 0.4) is 0 Å². The molecular formula is C21H28N4O2S2. The molecule has 0 spiro atoms. The highest BCUT2D eigenvalue weighted by molar-refractivity contribution is 7.91. The van der Waals surface area contributed by atoms with E-state index in [1.807, 2.05) is 30.5 Å². The monoisotopic (exact) mass is 432 g/mol. The highest BCUT2D eigenvalue weighted by Crippen LogP contribution is 2.29. The highest BCUT2D eigenvalue weighted by Gasteiger charge is 2.27. The van der Waals surface area contributed by atoms with Crippen molar-refractivity contribution in [3.05, 3.63) is 41.7 Å². The standard InChI is InChI=1S/C21H28N4O2S2/c1-21(2,3)18-13-25-20(23-18)28-19(24-25)22-16-9-7-8-15(12-16)14-29(26,27)17-10-5-4-6-11-17/h7-9,12-13,17H,4-6,10-11,14H2,1-3H3,(H,22,24). The number of nitrogens with zero attached hydrogens (tertiary/aromatic N) is 3. The van der Waals surface area contributed by atoms with Crippen LogP contribution < -0.4 is 5.32 Å². The predicted molar refractivity (Wildman–Crippen MR) is 119 cm³/mol. The predicted octanol–water partition coefficient (Wildman–Crippen LogP) is 5.08. The number of sulfone groups is 1. The molecule has 1 aliphatic carbocycles. The van der Waals surface area contributed by atoms with Gasteiger partial charge in [-0.3, -0.25) is 0 Å². The van der Waals surface area contributed by atoms with Crippen molar-refractivity contribution in [1.82, 2.24) is 14.6 Å². The minimum absolute atomic E-state index is 0.0147. The lowest BCUT2D eigenvalue weighted by molar-refractivity contribution is 0.483. The Morgan fingerprint density at radius 1 is 1.21 bits per heavy atom. The van der Waals surface area contributed by atoms with Crippen LogP contribution in [-0.4, -0.2) is 28.3 Å². The molecule has 3 aromatic rings. The third-order valence-electron chi connectivity index (χ3n) is 5.42. The van der Waals surface area contributed by atoms with E-state index in [1.54, 1.807) is 4.52 Å². The van der Waals surface area contributed by atoms with Gasteiger partial charge in [-0.25, -0.2) is 17.9 Å². The van der Waals surface area contributed by atoms with Crippen LogP contribution in [0.4, 0.5) is 10.8 Å². The molecule has 2 heterocycles. The van der Waals surface area contributed by atoms with Crippen molar-refractivity contribution >= 4 is 37.0 Å². The van der Waals surface area contributed by atoms with E-state index in [1.165, 1.54) is 11.3 Å². The first kappa shape index (κ1) is 20.3. The van der Waals surface area contributed by atoms with Crippen LogP contribution in [0.25, 0.3) is 4.96 Å². The Kier molecular flexibility index (Phi) is 5.42. The van der Waals surface area contributed by atoms with E-state index in [0.717, 1.165) is 59.1 Å². The summed E-state index contributed by atoms with van der Waals surface area (Å²) in [6, 6.07) is 7.62. The number of rotatable bonds is 5. The number of aromatic nitrogens is 3. The Balaban J connectivity index is 1.49. The second-order valence-corrected chi connectivity index (χ2v) is 12.1. The first-order valence-corrected chi connectivity index (χ1v) is 12.7. The van der Waals surface area contributed by atoms with Gasteiger partial charge in [0.25, 0.3) is 0 Å². The molecule has 0 aliphatic heterocycles. The van der Waals surface area contributed by atoms with Crippen molar-refractivity contribution in [2.24, 2.45) is 0 Å². The molecule has 1 aliphatic rings.